The summed E-state index contributed by atoms with van der Waals surface area (Å²) in [6, 6.07) is 5.39. The van der Waals surface area contributed by atoms with Crippen LogP contribution in [0.15, 0.2) is 23.2 Å². The zero-order valence-corrected chi connectivity index (χ0v) is 13.7. The minimum Gasteiger partial charge on any atom is -0.504 e. The number of phenolic OH excluding ortho intramolecular Hbond substituents is 1. The second-order valence-electron chi connectivity index (χ2n) is 4.64. The fourth-order valence-corrected chi connectivity index (χ4v) is 1.89. The SMILES string of the molecule is CCNC(=NCc1cccc(OC)c1O)NCCCOCC. The topological polar surface area (TPSA) is 75.1 Å². The second-order valence-corrected chi connectivity index (χ2v) is 4.64. The zero-order chi connectivity index (χ0) is 16.2. The normalized spacial score (nSPS) is 11.3. The van der Waals surface area contributed by atoms with Crippen molar-refractivity contribution >= 4 is 5.96 Å². The Balaban J connectivity index is 2.58. The maximum Gasteiger partial charge on any atom is 0.191 e. The number of benzene rings is 1. The van der Waals surface area contributed by atoms with Crippen molar-refractivity contribution in [2.24, 2.45) is 4.99 Å². The first-order valence-electron chi connectivity index (χ1n) is 7.67. The average Bonchev–Trinajstić information content (AvgIpc) is 2.53. The van der Waals surface area contributed by atoms with Crippen molar-refractivity contribution < 1.29 is 14.6 Å². The number of hydrogen-bond donors (Lipinski definition) is 3. The van der Waals surface area contributed by atoms with Crippen LogP contribution in [0, 0.1) is 0 Å². The molecule has 0 radical (unpaired) electrons. The molecule has 0 aliphatic carbocycles. The Labute approximate surface area is 132 Å². The summed E-state index contributed by atoms with van der Waals surface area (Å²) in [4.78, 5) is 4.48. The highest BCUT2D eigenvalue weighted by atomic mass is 16.5. The molecule has 0 spiro atoms. The van der Waals surface area contributed by atoms with Crippen molar-refractivity contribution in [3.8, 4) is 11.5 Å². The maximum atomic E-state index is 10.1. The third kappa shape index (κ3) is 6.22. The Morgan fingerprint density at radius 2 is 2.09 bits per heavy atom. The molecule has 1 aromatic carbocycles. The predicted molar refractivity (Wildman–Crippen MR) is 88.6 cm³/mol. The molecule has 0 aromatic heterocycles. The molecule has 0 bridgehead atoms. The number of aliphatic imine (C=N–C) groups is 1. The van der Waals surface area contributed by atoms with Crippen LogP contribution in [0.2, 0.25) is 0 Å². The van der Waals surface area contributed by atoms with E-state index in [1.54, 1.807) is 6.07 Å². The molecular formula is C16H27N3O3. The average molecular weight is 309 g/mol. The minimum absolute atomic E-state index is 0.140. The molecule has 6 heteroatoms. The molecule has 3 N–H and O–H groups in total. The summed E-state index contributed by atoms with van der Waals surface area (Å²) < 4.78 is 10.4. The van der Waals surface area contributed by atoms with Gasteiger partial charge in [0.2, 0.25) is 0 Å². The lowest BCUT2D eigenvalue weighted by atomic mass is 10.2. The second kappa shape index (κ2) is 10.7. The molecular weight excluding hydrogens is 282 g/mol. The molecule has 0 unspecified atom stereocenters. The highest BCUT2D eigenvalue weighted by Gasteiger charge is 2.07. The van der Waals surface area contributed by atoms with Crippen molar-refractivity contribution in [3.63, 3.8) is 0 Å². The molecule has 1 rings (SSSR count). The first-order valence-corrected chi connectivity index (χ1v) is 7.67. The smallest absolute Gasteiger partial charge is 0.191 e. The Bertz CT molecular complexity index is 464. The van der Waals surface area contributed by atoms with Gasteiger partial charge in [0, 0.05) is 31.9 Å². The molecule has 0 atom stereocenters. The largest absolute Gasteiger partial charge is 0.504 e. The van der Waals surface area contributed by atoms with Gasteiger partial charge in [-0.05, 0) is 26.3 Å². The highest BCUT2D eigenvalue weighted by molar-refractivity contribution is 5.79. The van der Waals surface area contributed by atoms with Gasteiger partial charge in [-0.2, -0.15) is 0 Å². The molecule has 0 fully saturated rings. The maximum absolute atomic E-state index is 10.1. The van der Waals surface area contributed by atoms with Gasteiger partial charge in [0.15, 0.2) is 17.5 Å². The third-order valence-electron chi connectivity index (χ3n) is 3.02. The van der Waals surface area contributed by atoms with E-state index >= 15 is 0 Å². The van der Waals surface area contributed by atoms with E-state index in [1.807, 2.05) is 26.0 Å². The summed E-state index contributed by atoms with van der Waals surface area (Å²) >= 11 is 0. The highest BCUT2D eigenvalue weighted by Crippen LogP contribution is 2.29. The van der Waals surface area contributed by atoms with Crippen molar-refractivity contribution in [2.45, 2.75) is 26.8 Å². The summed E-state index contributed by atoms with van der Waals surface area (Å²) in [6.07, 6.45) is 0.919. The van der Waals surface area contributed by atoms with E-state index in [4.69, 9.17) is 9.47 Å². The fourth-order valence-electron chi connectivity index (χ4n) is 1.89. The molecule has 0 saturated heterocycles. The lowest BCUT2D eigenvalue weighted by molar-refractivity contribution is 0.145. The molecule has 0 saturated carbocycles. The third-order valence-corrected chi connectivity index (χ3v) is 3.02. The van der Waals surface area contributed by atoms with Crippen LogP contribution in [0.25, 0.3) is 0 Å². The number of rotatable bonds is 9. The summed E-state index contributed by atoms with van der Waals surface area (Å²) in [5.74, 6) is 1.32. The number of nitrogens with one attached hydrogen (secondary N) is 2. The van der Waals surface area contributed by atoms with Gasteiger partial charge in [-0.1, -0.05) is 12.1 Å². The van der Waals surface area contributed by atoms with Crippen LogP contribution in [-0.2, 0) is 11.3 Å². The van der Waals surface area contributed by atoms with E-state index in [2.05, 4.69) is 15.6 Å². The summed E-state index contributed by atoms with van der Waals surface area (Å²) in [6.45, 7) is 7.42. The Hall–Kier alpha value is -1.95. The van der Waals surface area contributed by atoms with Gasteiger partial charge in [-0.25, -0.2) is 4.99 Å². The molecule has 0 amide bonds. The lowest BCUT2D eigenvalue weighted by Gasteiger charge is -2.12. The molecule has 124 valence electrons. The van der Waals surface area contributed by atoms with Crippen LogP contribution in [-0.4, -0.2) is 44.5 Å². The van der Waals surface area contributed by atoms with Crippen LogP contribution < -0.4 is 15.4 Å². The van der Waals surface area contributed by atoms with E-state index in [9.17, 15) is 5.11 Å². The Morgan fingerprint density at radius 3 is 2.77 bits per heavy atom. The number of para-hydroxylation sites is 1. The first kappa shape index (κ1) is 18.1. The van der Waals surface area contributed by atoms with Gasteiger partial charge in [0.1, 0.15) is 0 Å². The first-order chi connectivity index (χ1) is 10.7. The summed E-state index contributed by atoms with van der Waals surface area (Å²) in [7, 11) is 1.53. The zero-order valence-electron chi connectivity index (χ0n) is 13.7. The van der Waals surface area contributed by atoms with Crippen LogP contribution in [0.4, 0.5) is 0 Å². The standard InChI is InChI=1S/C16H27N3O3/c1-4-17-16(18-10-7-11-22-5-2)19-12-13-8-6-9-14(21-3)15(13)20/h6,8-9,20H,4-5,7,10-12H2,1-3H3,(H2,17,18,19). The van der Waals surface area contributed by atoms with Gasteiger partial charge in [-0.3, -0.25) is 0 Å². The minimum atomic E-state index is 0.140. The molecule has 6 nitrogen and oxygen atoms in total. The van der Waals surface area contributed by atoms with E-state index in [-0.39, 0.29) is 5.75 Å². The van der Waals surface area contributed by atoms with Crippen molar-refractivity contribution in [2.75, 3.05) is 33.4 Å². The summed E-state index contributed by atoms with van der Waals surface area (Å²) in [5, 5.41) is 16.5. The molecule has 0 aliphatic rings. The van der Waals surface area contributed by atoms with Crippen molar-refractivity contribution in [1.82, 2.24) is 10.6 Å². The van der Waals surface area contributed by atoms with Gasteiger partial charge >= 0.3 is 0 Å². The summed E-state index contributed by atoms with van der Waals surface area (Å²) in [5.41, 5.74) is 0.728. The molecule has 0 aliphatic heterocycles. The molecule has 0 heterocycles. The number of nitrogens with zero attached hydrogens (tertiary/aromatic N) is 1. The number of ether oxygens (including phenoxy) is 2. The number of guanidine groups is 1. The van der Waals surface area contributed by atoms with E-state index < -0.39 is 0 Å². The van der Waals surface area contributed by atoms with E-state index in [0.29, 0.717) is 12.3 Å². The van der Waals surface area contributed by atoms with E-state index in [0.717, 1.165) is 44.2 Å². The van der Waals surface area contributed by atoms with Gasteiger partial charge < -0.3 is 25.2 Å². The monoisotopic (exact) mass is 309 g/mol. The van der Waals surface area contributed by atoms with Gasteiger partial charge in [0.05, 0.1) is 13.7 Å². The van der Waals surface area contributed by atoms with E-state index in [1.165, 1.54) is 7.11 Å². The number of aromatic hydroxyl groups is 1. The van der Waals surface area contributed by atoms with Crippen LogP contribution in [0.5, 0.6) is 11.5 Å². The Kier molecular flexibility index (Phi) is 8.83. The molecule has 1 aromatic rings. The lowest BCUT2D eigenvalue weighted by Crippen LogP contribution is -2.38. The number of hydrogen-bond acceptors (Lipinski definition) is 4. The number of phenols is 1. The van der Waals surface area contributed by atoms with Crippen molar-refractivity contribution in [3.05, 3.63) is 23.8 Å². The Morgan fingerprint density at radius 1 is 1.27 bits per heavy atom. The fraction of sp³-hybridized carbons (Fsp3) is 0.562. The van der Waals surface area contributed by atoms with Crippen molar-refractivity contribution in [1.29, 1.82) is 0 Å². The van der Waals surface area contributed by atoms with Gasteiger partial charge in [-0.15, -0.1) is 0 Å². The number of methoxy groups -OCH3 is 1. The van der Waals surface area contributed by atoms with Crippen LogP contribution in [0.3, 0.4) is 0 Å². The predicted octanol–water partition coefficient (Wildman–Crippen LogP) is 1.88. The molecule has 22 heavy (non-hydrogen) atoms. The van der Waals surface area contributed by atoms with Gasteiger partial charge in [0.25, 0.3) is 0 Å². The van der Waals surface area contributed by atoms with Crippen LogP contribution >= 0.6 is 0 Å². The van der Waals surface area contributed by atoms with Crippen LogP contribution in [0.1, 0.15) is 25.8 Å². The quantitative estimate of drug-likeness (QED) is 0.369.